The van der Waals surface area contributed by atoms with E-state index in [-0.39, 0.29) is 86.1 Å². The van der Waals surface area contributed by atoms with E-state index in [1.807, 2.05) is 114 Å². The Bertz CT molecular complexity index is 2820. The van der Waals surface area contributed by atoms with Crippen molar-refractivity contribution < 1.29 is 47.7 Å². The van der Waals surface area contributed by atoms with Crippen molar-refractivity contribution >= 4 is 29.8 Å². The summed E-state index contributed by atoms with van der Waals surface area (Å²) in [7, 11) is 0. The fourth-order valence-electron chi connectivity index (χ4n) is 13.0. The predicted octanol–water partition coefficient (Wildman–Crippen LogP) is 25.8. The number of esters is 5. The van der Waals surface area contributed by atoms with Gasteiger partial charge in [0, 0.05) is 5.92 Å². The Labute approximate surface area is 629 Å². The van der Waals surface area contributed by atoms with Crippen molar-refractivity contribution in [3.63, 3.8) is 0 Å². The third-order valence-corrected chi connectivity index (χ3v) is 24.7. The summed E-state index contributed by atoms with van der Waals surface area (Å²) >= 11 is 0. The van der Waals surface area contributed by atoms with Crippen LogP contribution >= 0.6 is 0 Å². The molecule has 0 saturated heterocycles. The minimum Gasteiger partial charge on any atom is -0.462 e. The van der Waals surface area contributed by atoms with Crippen LogP contribution in [0.4, 0.5) is 0 Å². The Kier molecular flexibility index (Phi) is 36.2. The highest BCUT2D eigenvalue weighted by Gasteiger charge is 2.46. The number of hydrogen-bond donors (Lipinski definition) is 0. The molecular formula is C92H162O10. The molecule has 0 aromatic heterocycles. The molecule has 102 heavy (non-hydrogen) atoms. The van der Waals surface area contributed by atoms with Crippen LogP contribution in [0.25, 0.3) is 0 Å². The molecule has 3 saturated carbocycles. The lowest BCUT2D eigenvalue weighted by Crippen LogP contribution is -2.46. The van der Waals surface area contributed by atoms with Crippen LogP contribution in [0.15, 0.2) is 42.5 Å². The summed E-state index contributed by atoms with van der Waals surface area (Å²) in [6.45, 7) is 81.9. The lowest BCUT2D eigenvalue weighted by Gasteiger charge is -2.47. The van der Waals surface area contributed by atoms with Crippen LogP contribution < -0.4 is 4.74 Å². The Balaban J connectivity index is 0.000000638. The van der Waals surface area contributed by atoms with Crippen molar-refractivity contribution in [1.82, 2.24) is 0 Å². The fourth-order valence-corrected chi connectivity index (χ4v) is 13.0. The Morgan fingerprint density at radius 2 is 0.784 bits per heavy atom. The monoisotopic (exact) mass is 1430 g/mol. The van der Waals surface area contributed by atoms with Crippen LogP contribution in [0.3, 0.4) is 0 Å². The number of carbonyl (C=O) groups excluding carboxylic acids is 5. The molecule has 6 atom stereocenters. The van der Waals surface area contributed by atoms with Gasteiger partial charge in [-0.05, 0) is 261 Å². The summed E-state index contributed by atoms with van der Waals surface area (Å²) < 4.78 is 28.9. The van der Waals surface area contributed by atoms with E-state index in [4.69, 9.17) is 23.7 Å². The third-order valence-electron chi connectivity index (χ3n) is 24.7. The fraction of sp³-hybridized carbons (Fsp3) is 0.815. The SMILES string of the molecule is CCC(C)(C)C(=O)OC1C(C(C)C)CCCC1C(C)C.CCC(C)(C)C(=O)OC1C(C)CC(C)CC1C(C)(C)C.CCC(C)(C)C(=O)OC1CCC(C(C)(C)C(C)(C)C)CC1.CCC(C)(C)C(=O)OCc1ccc(C(C)(C)C)cc1.CCC(C)(C)C(=O)Oc1cc(C(C)(C)C)cc(C(C)(C)C)c1. The second-order valence-corrected chi connectivity index (χ2v) is 41.2. The molecule has 6 unspecified atom stereocenters. The van der Waals surface area contributed by atoms with Gasteiger partial charge in [-0.25, -0.2) is 0 Å². The smallest absolute Gasteiger partial charge is 0.316 e. The molecule has 5 rings (SSSR count). The van der Waals surface area contributed by atoms with Gasteiger partial charge in [-0.15, -0.1) is 0 Å². The first-order chi connectivity index (χ1) is 46.0. The summed E-state index contributed by atoms with van der Waals surface area (Å²) in [5.74, 6) is 4.87. The maximum atomic E-state index is 12.5. The molecule has 2 aromatic carbocycles. The summed E-state index contributed by atoms with van der Waals surface area (Å²) in [5, 5.41) is 0. The molecule has 0 radical (unpaired) electrons. The maximum Gasteiger partial charge on any atom is 0.316 e. The second-order valence-electron chi connectivity index (χ2n) is 41.2. The first-order valence-corrected chi connectivity index (χ1v) is 40.3. The lowest BCUT2D eigenvalue weighted by atomic mass is 9.58. The van der Waals surface area contributed by atoms with Crippen molar-refractivity contribution in [1.29, 1.82) is 0 Å². The highest BCUT2D eigenvalue weighted by Crippen LogP contribution is 2.51. The Morgan fingerprint density at radius 3 is 1.14 bits per heavy atom. The zero-order valence-corrected chi connectivity index (χ0v) is 73.6. The van der Waals surface area contributed by atoms with Gasteiger partial charge in [0.2, 0.25) is 0 Å². The van der Waals surface area contributed by atoms with E-state index in [0.717, 1.165) is 68.8 Å². The summed E-state index contributed by atoms with van der Waals surface area (Å²) in [4.78, 5) is 61.3. The first kappa shape index (κ1) is 95.8. The van der Waals surface area contributed by atoms with Crippen LogP contribution in [-0.2, 0) is 65.8 Å². The average molecular weight is 1430 g/mol. The van der Waals surface area contributed by atoms with Crippen molar-refractivity contribution in [2.75, 3.05) is 0 Å². The molecular weight excluding hydrogens is 1270 g/mol. The minimum atomic E-state index is -0.459. The minimum absolute atomic E-state index is 0.0109. The average Bonchev–Trinajstić information content (AvgIpc) is 0.813. The molecule has 590 valence electrons. The molecule has 0 heterocycles. The molecule has 0 amide bonds. The van der Waals surface area contributed by atoms with Gasteiger partial charge in [-0.2, -0.15) is 0 Å². The molecule has 0 aliphatic heterocycles. The highest BCUT2D eigenvalue weighted by molar-refractivity contribution is 5.79. The molecule has 0 N–H and O–H groups in total. The molecule has 0 bridgehead atoms. The van der Waals surface area contributed by atoms with Crippen LogP contribution in [0, 0.1) is 90.7 Å². The van der Waals surface area contributed by atoms with Crippen LogP contribution in [0.2, 0.25) is 0 Å². The first-order valence-electron chi connectivity index (χ1n) is 40.3. The van der Waals surface area contributed by atoms with Crippen LogP contribution in [-0.4, -0.2) is 48.2 Å². The largest absolute Gasteiger partial charge is 0.462 e. The molecule has 10 heteroatoms. The third kappa shape index (κ3) is 29.5. The Hall–Kier alpha value is -4.21. The maximum absolute atomic E-state index is 12.5. The van der Waals surface area contributed by atoms with Crippen LogP contribution in [0.5, 0.6) is 5.75 Å². The van der Waals surface area contributed by atoms with Crippen molar-refractivity contribution in [2.45, 2.75) is 394 Å². The zero-order valence-electron chi connectivity index (χ0n) is 73.6. The number of ether oxygens (including phenoxy) is 5. The number of rotatable bonds is 19. The van der Waals surface area contributed by atoms with Gasteiger partial charge in [0.25, 0.3) is 0 Å². The van der Waals surface area contributed by atoms with Crippen LogP contribution in [0.1, 0.15) is 375 Å². The van der Waals surface area contributed by atoms with Crippen molar-refractivity contribution in [3.05, 3.63) is 64.7 Å². The van der Waals surface area contributed by atoms with Gasteiger partial charge in [0.05, 0.1) is 27.1 Å². The Morgan fingerprint density at radius 1 is 0.422 bits per heavy atom. The normalized spacial score (nSPS) is 22.0. The summed E-state index contributed by atoms with van der Waals surface area (Å²) in [6.07, 6.45) is 14.8. The molecule has 3 aliphatic rings. The quantitative estimate of drug-likeness (QED) is 0.0761. The van der Waals surface area contributed by atoms with Gasteiger partial charge >= 0.3 is 29.8 Å². The molecule has 10 nitrogen and oxygen atoms in total. The number of hydrogen-bond acceptors (Lipinski definition) is 10. The van der Waals surface area contributed by atoms with Crippen molar-refractivity contribution in [3.8, 4) is 5.75 Å². The van der Waals surface area contributed by atoms with E-state index >= 15 is 0 Å². The van der Waals surface area contributed by atoms with Gasteiger partial charge in [-0.1, -0.05) is 231 Å². The van der Waals surface area contributed by atoms with Gasteiger partial charge in [0.15, 0.2) is 0 Å². The molecule has 0 spiro atoms. The lowest BCUT2D eigenvalue weighted by molar-refractivity contribution is -0.173. The van der Waals surface area contributed by atoms with E-state index in [9.17, 15) is 24.0 Å². The van der Waals surface area contributed by atoms with Gasteiger partial charge in [0.1, 0.15) is 30.7 Å². The van der Waals surface area contributed by atoms with E-state index < -0.39 is 10.8 Å². The van der Waals surface area contributed by atoms with Crippen molar-refractivity contribution in [2.24, 2.45) is 90.7 Å². The summed E-state index contributed by atoms with van der Waals surface area (Å²) in [6, 6.07) is 14.5. The van der Waals surface area contributed by atoms with Gasteiger partial charge < -0.3 is 23.7 Å². The highest BCUT2D eigenvalue weighted by atomic mass is 16.6. The second kappa shape index (κ2) is 38.5. The topological polar surface area (TPSA) is 132 Å². The predicted molar refractivity (Wildman–Crippen MR) is 431 cm³/mol. The number of benzene rings is 2. The van der Waals surface area contributed by atoms with Gasteiger partial charge in [-0.3, -0.25) is 24.0 Å². The van der Waals surface area contributed by atoms with E-state index in [0.29, 0.717) is 58.7 Å². The standard InChI is InChI=1S/C20H32O2.C19H36O2.2C18H34O2.C17H26O2/c1-10-20(8,9)17(21)22-16-12-14(18(2,3)4)11-15(13-16)19(5,6)7;1-9-18(5,6)16(20)21-15-12-10-14(11-13-15)19(7,8)17(2,3)4;1-9-18(7,8)16(19)20-15-13(3)10-12(2)11-14(15)17(4,5)6;1-8-18(6,7)17(19)20-16-14(12(2)3)10-9-11-15(16)13(4)5;1-7-17(5,6)15(18)19-12-13-8-10-14(11-9-13)16(2,3)4/h11-13H,10H2,1-9H3;14-15H,9-13H2,1-8H3;12-15H,9-11H2,1-8H3;12-16H,8-11H2,1-7H3;8-11H,7,12H2,1-6H3. The zero-order chi connectivity index (χ0) is 79.7. The van der Waals surface area contributed by atoms with E-state index in [2.05, 4.69) is 191 Å². The van der Waals surface area contributed by atoms with E-state index in [1.165, 1.54) is 55.2 Å². The molecule has 3 aliphatic carbocycles. The molecule has 2 aromatic rings. The number of carbonyl (C=O) groups is 5. The summed E-state index contributed by atoms with van der Waals surface area (Å²) in [5.41, 5.74) is 3.78. The molecule has 3 fully saturated rings. The van der Waals surface area contributed by atoms with E-state index in [1.54, 1.807) is 0 Å².